The quantitative estimate of drug-likeness (QED) is 0.184. The summed E-state index contributed by atoms with van der Waals surface area (Å²) in [5.74, 6) is -0.0165. The van der Waals surface area contributed by atoms with Gasteiger partial charge in [0.15, 0.2) is 0 Å². The van der Waals surface area contributed by atoms with E-state index in [4.69, 9.17) is 14.5 Å². The second kappa shape index (κ2) is 12.6. The van der Waals surface area contributed by atoms with E-state index in [1.807, 2.05) is 67.6 Å². The summed E-state index contributed by atoms with van der Waals surface area (Å²) in [4.78, 5) is 32.6. The Bertz CT molecular complexity index is 1650. The monoisotopic (exact) mass is 578 g/mol. The number of rotatable bonds is 11. The van der Waals surface area contributed by atoms with Crippen LogP contribution in [0.25, 0.3) is 0 Å². The molecule has 1 amide bonds. The molecule has 0 aliphatic carbocycles. The minimum Gasteiger partial charge on any atom is -0.493 e. The summed E-state index contributed by atoms with van der Waals surface area (Å²) in [5, 5.41) is 6.48. The standard InChI is InChI=1S/C35H38N4O4/c1-6-24-16-19-30(31(21-24)37-23(5)40)38-29-15-11-10-14-27(29)35(33-26(34(41)43-35)13-12-20-36-33)28-18-17-25(39(7-2)8-3)22-32(28)42-9-4/h10-22,38H,6-9H2,1-5H3,(H,37,40). The van der Waals surface area contributed by atoms with Crippen LogP contribution in [0.5, 0.6) is 5.75 Å². The van der Waals surface area contributed by atoms with Crippen molar-refractivity contribution in [1.29, 1.82) is 0 Å². The minimum absolute atomic E-state index is 0.168. The maximum absolute atomic E-state index is 13.5. The van der Waals surface area contributed by atoms with E-state index in [9.17, 15) is 9.59 Å². The predicted octanol–water partition coefficient (Wildman–Crippen LogP) is 7.05. The first-order valence-corrected chi connectivity index (χ1v) is 14.8. The maximum Gasteiger partial charge on any atom is 0.341 e. The van der Waals surface area contributed by atoms with Crippen molar-refractivity contribution in [2.75, 3.05) is 35.2 Å². The molecule has 1 unspecified atom stereocenters. The molecule has 8 heteroatoms. The molecule has 5 rings (SSSR count). The Morgan fingerprint density at radius 2 is 1.70 bits per heavy atom. The number of nitrogens with one attached hydrogen (secondary N) is 2. The van der Waals surface area contributed by atoms with E-state index in [1.54, 1.807) is 18.3 Å². The molecule has 2 N–H and O–H groups in total. The number of carbonyl (C=O) groups is 2. The summed E-state index contributed by atoms with van der Waals surface area (Å²) in [5.41, 5.74) is 5.03. The lowest BCUT2D eigenvalue weighted by atomic mass is 9.81. The number of hydrogen-bond acceptors (Lipinski definition) is 7. The molecule has 222 valence electrons. The zero-order chi connectivity index (χ0) is 30.6. The zero-order valence-corrected chi connectivity index (χ0v) is 25.4. The summed E-state index contributed by atoms with van der Waals surface area (Å²) in [6.07, 6.45) is 2.50. The van der Waals surface area contributed by atoms with Gasteiger partial charge in [-0.15, -0.1) is 0 Å². The third kappa shape index (κ3) is 5.52. The van der Waals surface area contributed by atoms with Crippen LogP contribution in [0.2, 0.25) is 0 Å². The van der Waals surface area contributed by atoms with Crippen molar-refractivity contribution in [3.8, 4) is 5.75 Å². The molecule has 4 aromatic rings. The fraction of sp³-hybridized carbons (Fsp3) is 0.286. The van der Waals surface area contributed by atoms with Gasteiger partial charge in [0, 0.05) is 54.8 Å². The normalized spacial score (nSPS) is 15.4. The van der Waals surface area contributed by atoms with Gasteiger partial charge in [-0.3, -0.25) is 9.78 Å². The second-order valence-electron chi connectivity index (χ2n) is 10.3. The molecule has 0 spiro atoms. The maximum atomic E-state index is 13.5. The van der Waals surface area contributed by atoms with Gasteiger partial charge in [0.25, 0.3) is 0 Å². The molecular formula is C35H38N4O4. The molecule has 43 heavy (non-hydrogen) atoms. The van der Waals surface area contributed by atoms with Crippen LogP contribution in [0.15, 0.2) is 79.0 Å². The number of anilines is 4. The molecule has 1 aromatic heterocycles. The van der Waals surface area contributed by atoms with E-state index in [-0.39, 0.29) is 5.91 Å². The van der Waals surface area contributed by atoms with Crippen LogP contribution in [0.1, 0.15) is 67.4 Å². The Hall–Kier alpha value is -4.85. The molecule has 0 fully saturated rings. The van der Waals surface area contributed by atoms with Crippen LogP contribution in [-0.4, -0.2) is 36.6 Å². The van der Waals surface area contributed by atoms with Gasteiger partial charge in [0.1, 0.15) is 11.4 Å². The molecule has 1 aliphatic heterocycles. The molecule has 3 aromatic carbocycles. The van der Waals surface area contributed by atoms with E-state index >= 15 is 0 Å². The van der Waals surface area contributed by atoms with Crippen LogP contribution >= 0.6 is 0 Å². The number of ether oxygens (including phenoxy) is 2. The highest BCUT2D eigenvalue weighted by atomic mass is 16.6. The summed E-state index contributed by atoms with van der Waals surface area (Å²) >= 11 is 0. The number of cyclic esters (lactones) is 1. The highest BCUT2D eigenvalue weighted by Gasteiger charge is 2.52. The van der Waals surface area contributed by atoms with Crippen molar-refractivity contribution in [2.45, 2.75) is 46.6 Å². The minimum atomic E-state index is -1.40. The third-order valence-corrected chi connectivity index (χ3v) is 7.76. The lowest BCUT2D eigenvalue weighted by molar-refractivity contribution is -0.114. The number of pyridine rings is 1. The molecule has 0 saturated carbocycles. The molecule has 0 saturated heterocycles. The van der Waals surface area contributed by atoms with Gasteiger partial charge in [0.05, 0.1) is 23.5 Å². The average molecular weight is 579 g/mol. The van der Waals surface area contributed by atoms with Gasteiger partial charge in [-0.25, -0.2) is 4.79 Å². The van der Waals surface area contributed by atoms with Gasteiger partial charge in [-0.2, -0.15) is 0 Å². The Morgan fingerprint density at radius 3 is 2.42 bits per heavy atom. The summed E-state index contributed by atoms with van der Waals surface area (Å²) < 4.78 is 12.7. The fourth-order valence-electron chi connectivity index (χ4n) is 5.72. The smallest absolute Gasteiger partial charge is 0.341 e. The number of para-hydroxylation sites is 1. The zero-order valence-electron chi connectivity index (χ0n) is 25.4. The fourth-order valence-corrected chi connectivity index (χ4v) is 5.72. The van der Waals surface area contributed by atoms with Crippen molar-refractivity contribution in [2.24, 2.45) is 0 Å². The highest BCUT2D eigenvalue weighted by Crippen LogP contribution is 2.52. The number of fused-ring (bicyclic) bond motifs is 1. The van der Waals surface area contributed by atoms with Crippen molar-refractivity contribution in [3.63, 3.8) is 0 Å². The van der Waals surface area contributed by atoms with Crippen LogP contribution in [0.3, 0.4) is 0 Å². The number of aryl methyl sites for hydroxylation is 1. The van der Waals surface area contributed by atoms with E-state index in [1.165, 1.54) is 6.92 Å². The van der Waals surface area contributed by atoms with Gasteiger partial charge in [0.2, 0.25) is 11.5 Å². The van der Waals surface area contributed by atoms with E-state index in [0.717, 1.165) is 30.8 Å². The Labute approximate surface area is 253 Å². The van der Waals surface area contributed by atoms with Gasteiger partial charge >= 0.3 is 5.97 Å². The number of hydrogen-bond donors (Lipinski definition) is 2. The number of carbonyl (C=O) groups excluding carboxylic acids is 2. The molecule has 1 atom stereocenters. The van der Waals surface area contributed by atoms with Crippen molar-refractivity contribution in [3.05, 3.63) is 107 Å². The van der Waals surface area contributed by atoms with Gasteiger partial charge < -0.3 is 25.0 Å². The highest BCUT2D eigenvalue weighted by molar-refractivity contribution is 5.97. The lowest BCUT2D eigenvalue weighted by Crippen LogP contribution is -2.32. The molecular weight excluding hydrogens is 540 g/mol. The van der Waals surface area contributed by atoms with Crippen LogP contribution in [0, 0.1) is 0 Å². The first kappa shape index (κ1) is 29.6. The number of amides is 1. The number of nitrogens with zero attached hydrogens (tertiary/aromatic N) is 2. The predicted molar refractivity (Wildman–Crippen MR) is 171 cm³/mol. The number of esters is 1. The topological polar surface area (TPSA) is 92.8 Å². The molecule has 0 bridgehead atoms. The van der Waals surface area contributed by atoms with E-state index in [0.29, 0.717) is 51.8 Å². The van der Waals surface area contributed by atoms with Crippen LogP contribution < -0.4 is 20.3 Å². The summed E-state index contributed by atoms with van der Waals surface area (Å²) in [6, 6.07) is 23.1. The van der Waals surface area contributed by atoms with Crippen molar-refractivity contribution in [1.82, 2.24) is 4.98 Å². The van der Waals surface area contributed by atoms with Crippen LogP contribution in [0.4, 0.5) is 22.7 Å². The molecule has 0 radical (unpaired) electrons. The first-order valence-electron chi connectivity index (χ1n) is 14.8. The van der Waals surface area contributed by atoms with Gasteiger partial charge in [-0.05, 0) is 75.2 Å². The molecule has 2 heterocycles. The Kier molecular flexibility index (Phi) is 8.66. The largest absolute Gasteiger partial charge is 0.493 e. The average Bonchev–Trinajstić information content (AvgIpc) is 3.31. The van der Waals surface area contributed by atoms with Crippen molar-refractivity contribution >= 4 is 34.6 Å². The molecule has 1 aliphatic rings. The summed E-state index contributed by atoms with van der Waals surface area (Å²) in [6.45, 7) is 11.8. The SMILES string of the molecule is CCOc1cc(N(CC)CC)ccc1C1(c2ccccc2Nc2ccc(CC)cc2NC(C)=O)OC(=O)c2cccnc21. The first-order chi connectivity index (χ1) is 20.9. The number of benzene rings is 3. The third-order valence-electron chi connectivity index (χ3n) is 7.76. The Morgan fingerprint density at radius 1 is 0.907 bits per heavy atom. The van der Waals surface area contributed by atoms with Crippen molar-refractivity contribution < 1.29 is 19.1 Å². The molecule has 8 nitrogen and oxygen atoms in total. The van der Waals surface area contributed by atoms with E-state index < -0.39 is 11.6 Å². The van der Waals surface area contributed by atoms with E-state index in [2.05, 4.69) is 36.3 Å². The summed E-state index contributed by atoms with van der Waals surface area (Å²) in [7, 11) is 0. The lowest BCUT2D eigenvalue weighted by Gasteiger charge is -2.33. The second-order valence-corrected chi connectivity index (χ2v) is 10.3. The van der Waals surface area contributed by atoms with Gasteiger partial charge in [-0.1, -0.05) is 31.2 Å². The van der Waals surface area contributed by atoms with Crippen LogP contribution in [-0.2, 0) is 21.6 Å². The Balaban J connectivity index is 1.75. The number of aromatic nitrogens is 1.